The van der Waals surface area contributed by atoms with Crippen molar-refractivity contribution in [2.45, 2.75) is 16.7 Å². The molecule has 0 heterocycles. The number of carbonyl (C=O) groups is 1. The van der Waals surface area contributed by atoms with Crippen LogP contribution in [0.15, 0.2) is 76.5 Å². The number of methoxy groups -OCH3 is 1. The molecule has 0 saturated heterocycles. The molecule has 0 unspecified atom stereocenters. The number of sulfonamides is 1. The van der Waals surface area contributed by atoms with Crippen molar-refractivity contribution in [3.05, 3.63) is 82.4 Å². The summed E-state index contributed by atoms with van der Waals surface area (Å²) in [5.41, 5.74) is 0.760. The Morgan fingerprint density at radius 1 is 1.12 bits per heavy atom. The van der Waals surface area contributed by atoms with Gasteiger partial charge in [0, 0.05) is 16.5 Å². The molecule has 0 fully saturated rings. The average molecular weight is 502 g/mol. The number of thioether (sulfide) groups is 1. The first-order valence-corrected chi connectivity index (χ1v) is 12.7. The number of amides is 1. The van der Waals surface area contributed by atoms with Gasteiger partial charge in [0.05, 0.1) is 28.3 Å². The zero-order valence-electron chi connectivity index (χ0n) is 18.7. The summed E-state index contributed by atoms with van der Waals surface area (Å²) in [5.74, 6) is -0.0621. The van der Waals surface area contributed by atoms with Crippen LogP contribution in [0.1, 0.15) is 5.56 Å². The topological polar surface area (TPSA) is 119 Å². The molecule has 0 radical (unpaired) electrons. The van der Waals surface area contributed by atoms with E-state index < -0.39 is 27.4 Å². The van der Waals surface area contributed by atoms with Gasteiger partial charge in [0.25, 0.3) is 15.7 Å². The number of benzene rings is 3. The fourth-order valence-corrected chi connectivity index (χ4v) is 5.20. The maximum atomic E-state index is 13.6. The summed E-state index contributed by atoms with van der Waals surface area (Å²) in [6, 6.07) is 16.9. The van der Waals surface area contributed by atoms with Crippen LogP contribution in [0.4, 0.5) is 17.1 Å². The lowest BCUT2D eigenvalue weighted by Crippen LogP contribution is -2.38. The van der Waals surface area contributed by atoms with Gasteiger partial charge in [-0.2, -0.15) is 0 Å². The van der Waals surface area contributed by atoms with E-state index in [-0.39, 0.29) is 16.3 Å². The van der Waals surface area contributed by atoms with Gasteiger partial charge in [0.1, 0.15) is 12.3 Å². The number of carbonyl (C=O) groups excluding carboxylic acids is 1. The highest BCUT2D eigenvalue weighted by Crippen LogP contribution is 2.30. The number of nitrogens with one attached hydrogen (secondary N) is 1. The molecule has 11 heteroatoms. The third-order valence-corrected chi connectivity index (χ3v) is 7.56. The number of hydrogen-bond donors (Lipinski definition) is 1. The van der Waals surface area contributed by atoms with Gasteiger partial charge in [-0.3, -0.25) is 19.2 Å². The van der Waals surface area contributed by atoms with Crippen LogP contribution >= 0.6 is 11.8 Å². The molecular formula is C23H23N3O6S2. The molecule has 1 amide bonds. The minimum absolute atomic E-state index is 0.206. The van der Waals surface area contributed by atoms with Crippen LogP contribution in [0.2, 0.25) is 0 Å². The Bertz CT molecular complexity index is 1310. The first kappa shape index (κ1) is 25.1. The van der Waals surface area contributed by atoms with Crippen molar-refractivity contribution in [2.75, 3.05) is 29.5 Å². The summed E-state index contributed by atoms with van der Waals surface area (Å²) in [6.45, 7) is 0.978. The molecule has 178 valence electrons. The lowest BCUT2D eigenvalue weighted by atomic mass is 10.2. The first-order valence-electron chi connectivity index (χ1n) is 10.0. The number of nitrogens with zero attached hydrogens (tertiary/aromatic N) is 2. The van der Waals surface area contributed by atoms with Gasteiger partial charge in [-0.15, -0.1) is 11.8 Å². The van der Waals surface area contributed by atoms with Crippen LogP contribution in [0.5, 0.6) is 5.75 Å². The van der Waals surface area contributed by atoms with Crippen LogP contribution in [-0.2, 0) is 14.8 Å². The summed E-state index contributed by atoms with van der Waals surface area (Å²) >= 11 is 1.44. The van der Waals surface area contributed by atoms with Gasteiger partial charge in [0.2, 0.25) is 5.91 Å². The first-order chi connectivity index (χ1) is 16.2. The number of para-hydroxylation sites is 1. The second kappa shape index (κ2) is 10.6. The second-order valence-corrected chi connectivity index (χ2v) is 9.87. The van der Waals surface area contributed by atoms with Crippen LogP contribution < -0.4 is 14.4 Å². The second-order valence-electron chi connectivity index (χ2n) is 7.16. The minimum atomic E-state index is -4.33. The van der Waals surface area contributed by atoms with Crippen LogP contribution in [-0.4, -0.2) is 39.2 Å². The van der Waals surface area contributed by atoms with Gasteiger partial charge in [-0.1, -0.05) is 18.2 Å². The molecule has 0 atom stereocenters. The molecule has 3 aromatic rings. The fraction of sp³-hybridized carbons (Fsp3) is 0.174. The van der Waals surface area contributed by atoms with Gasteiger partial charge >= 0.3 is 0 Å². The summed E-state index contributed by atoms with van der Waals surface area (Å²) in [5, 5.41) is 14.1. The molecule has 3 rings (SSSR count). The zero-order valence-corrected chi connectivity index (χ0v) is 20.4. The number of hydrogen-bond acceptors (Lipinski definition) is 7. The highest BCUT2D eigenvalue weighted by molar-refractivity contribution is 7.98. The number of nitro groups is 1. The Labute approximate surface area is 201 Å². The molecule has 9 nitrogen and oxygen atoms in total. The standard InChI is InChI=1S/C23H23N3O6S2/c1-16-8-13-19(14-21(16)26(28)29)34(30,31)25(17-9-11-18(32-2)12-10-17)15-23(27)24-20-6-4-5-7-22(20)33-3/h4-14H,15H2,1-3H3,(H,24,27). The Balaban J connectivity index is 2.02. The van der Waals surface area contributed by atoms with E-state index in [9.17, 15) is 23.3 Å². The lowest BCUT2D eigenvalue weighted by molar-refractivity contribution is -0.385. The van der Waals surface area contributed by atoms with Crippen LogP contribution in [0, 0.1) is 17.0 Å². The number of rotatable bonds is 9. The molecule has 34 heavy (non-hydrogen) atoms. The van der Waals surface area contributed by atoms with E-state index in [2.05, 4.69) is 5.32 Å². The van der Waals surface area contributed by atoms with Crippen LogP contribution in [0.25, 0.3) is 0 Å². The Kier molecular flexibility index (Phi) is 7.79. The third-order valence-electron chi connectivity index (χ3n) is 4.99. The Hall–Kier alpha value is -3.57. The van der Waals surface area contributed by atoms with Crippen molar-refractivity contribution in [3.63, 3.8) is 0 Å². The molecule has 0 spiro atoms. The maximum absolute atomic E-state index is 13.6. The highest BCUT2D eigenvalue weighted by Gasteiger charge is 2.29. The third kappa shape index (κ3) is 5.49. The highest BCUT2D eigenvalue weighted by atomic mass is 32.2. The fourth-order valence-electron chi connectivity index (χ4n) is 3.21. The molecule has 1 N–H and O–H groups in total. The predicted octanol–water partition coefficient (Wildman–Crippen LogP) is 4.47. The number of ether oxygens (including phenoxy) is 1. The van der Waals surface area contributed by atoms with E-state index in [1.165, 1.54) is 50.1 Å². The molecular weight excluding hydrogens is 478 g/mol. The van der Waals surface area contributed by atoms with E-state index in [4.69, 9.17) is 4.74 Å². The van der Waals surface area contributed by atoms with Gasteiger partial charge in [-0.05, 0) is 55.6 Å². The quantitative estimate of drug-likeness (QED) is 0.261. The van der Waals surface area contributed by atoms with E-state index >= 15 is 0 Å². The molecule has 0 aliphatic heterocycles. The van der Waals surface area contributed by atoms with E-state index in [1.54, 1.807) is 24.3 Å². The van der Waals surface area contributed by atoms with Crippen LogP contribution in [0.3, 0.4) is 0 Å². The molecule has 0 saturated carbocycles. The van der Waals surface area contributed by atoms with E-state index in [0.717, 1.165) is 15.3 Å². The van der Waals surface area contributed by atoms with Crippen molar-refractivity contribution in [1.82, 2.24) is 0 Å². The smallest absolute Gasteiger partial charge is 0.273 e. The number of anilines is 2. The molecule has 0 aliphatic carbocycles. The lowest BCUT2D eigenvalue weighted by Gasteiger charge is -2.24. The minimum Gasteiger partial charge on any atom is -0.497 e. The summed E-state index contributed by atoms with van der Waals surface area (Å²) in [7, 11) is -2.85. The Morgan fingerprint density at radius 3 is 2.41 bits per heavy atom. The molecule has 0 bridgehead atoms. The van der Waals surface area contributed by atoms with Crippen molar-refractivity contribution in [1.29, 1.82) is 0 Å². The SMILES string of the molecule is COc1ccc(N(CC(=O)Nc2ccccc2SC)S(=O)(=O)c2ccc(C)c([N+](=O)[O-])c2)cc1. The van der Waals surface area contributed by atoms with Crippen molar-refractivity contribution in [2.24, 2.45) is 0 Å². The number of nitro benzene ring substituents is 1. The molecule has 0 aliphatic rings. The monoisotopic (exact) mass is 501 g/mol. The van der Waals surface area contributed by atoms with Gasteiger partial charge in [-0.25, -0.2) is 8.42 Å². The van der Waals surface area contributed by atoms with Gasteiger partial charge < -0.3 is 10.1 Å². The van der Waals surface area contributed by atoms with E-state index in [0.29, 0.717) is 17.0 Å². The van der Waals surface area contributed by atoms with Crippen molar-refractivity contribution < 1.29 is 22.9 Å². The summed E-state index contributed by atoms with van der Waals surface area (Å²) in [6.07, 6.45) is 1.86. The largest absolute Gasteiger partial charge is 0.497 e. The predicted molar refractivity (Wildman–Crippen MR) is 132 cm³/mol. The van der Waals surface area contributed by atoms with Crippen molar-refractivity contribution >= 4 is 44.8 Å². The zero-order chi connectivity index (χ0) is 24.9. The van der Waals surface area contributed by atoms with Gasteiger partial charge in [0.15, 0.2) is 0 Å². The van der Waals surface area contributed by atoms with E-state index in [1.807, 2.05) is 18.4 Å². The summed E-state index contributed by atoms with van der Waals surface area (Å²) in [4.78, 5) is 24.2. The van der Waals surface area contributed by atoms with Crippen molar-refractivity contribution in [3.8, 4) is 5.75 Å². The summed E-state index contributed by atoms with van der Waals surface area (Å²) < 4.78 is 33.2. The molecule has 0 aromatic heterocycles. The Morgan fingerprint density at radius 2 is 1.79 bits per heavy atom. The average Bonchev–Trinajstić information content (AvgIpc) is 2.83. The number of aryl methyl sites for hydroxylation is 1. The molecule has 3 aromatic carbocycles. The maximum Gasteiger partial charge on any atom is 0.273 e. The normalized spacial score (nSPS) is 11.0.